The first-order chi connectivity index (χ1) is 9.72. The van der Waals surface area contributed by atoms with Crippen LogP contribution < -0.4 is 4.72 Å². The van der Waals surface area contributed by atoms with E-state index in [0.29, 0.717) is 38.2 Å². The molecule has 2 rings (SSSR count). The van der Waals surface area contributed by atoms with E-state index < -0.39 is 20.0 Å². The monoisotopic (exact) mass is 336 g/mol. The lowest BCUT2D eigenvalue weighted by Gasteiger charge is -2.30. The molecule has 120 valence electrons. The van der Waals surface area contributed by atoms with Crippen molar-refractivity contribution < 1.29 is 16.8 Å². The third kappa shape index (κ3) is 4.02. The van der Waals surface area contributed by atoms with Crippen LogP contribution in [-0.4, -0.2) is 56.5 Å². The first-order valence-electron chi connectivity index (χ1n) is 6.73. The normalized spacial score (nSPS) is 19.0. The molecule has 1 aliphatic heterocycles. The van der Waals surface area contributed by atoms with E-state index in [0.717, 1.165) is 6.26 Å². The number of H-pyrrole nitrogens is 1. The Morgan fingerprint density at radius 2 is 1.95 bits per heavy atom. The second-order valence-corrected chi connectivity index (χ2v) is 8.77. The van der Waals surface area contributed by atoms with Crippen molar-refractivity contribution in [2.45, 2.75) is 37.3 Å². The number of imidazole rings is 1. The minimum Gasteiger partial charge on any atom is -0.332 e. The predicted octanol–water partition coefficient (Wildman–Crippen LogP) is -0.326. The van der Waals surface area contributed by atoms with Crippen LogP contribution in [0, 0.1) is 0 Å². The van der Waals surface area contributed by atoms with Gasteiger partial charge in [0.2, 0.25) is 10.0 Å². The molecule has 1 fully saturated rings. The number of aryl methyl sites for hydroxylation is 1. The molecule has 2 heterocycles. The highest BCUT2D eigenvalue weighted by Crippen LogP contribution is 2.16. The molecule has 0 saturated carbocycles. The van der Waals surface area contributed by atoms with Crippen LogP contribution in [0.5, 0.6) is 0 Å². The van der Waals surface area contributed by atoms with Crippen LogP contribution in [0.15, 0.2) is 11.2 Å². The van der Waals surface area contributed by atoms with Gasteiger partial charge in [-0.15, -0.1) is 0 Å². The van der Waals surface area contributed by atoms with Crippen LogP contribution in [0.25, 0.3) is 0 Å². The first kappa shape index (κ1) is 16.4. The van der Waals surface area contributed by atoms with Crippen molar-refractivity contribution >= 4 is 20.0 Å². The lowest BCUT2D eigenvalue weighted by molar-refractivity contribution is 0.310. The van der Waals surface area contributed by atoms with E-state index in [9.17, 15) is 16.8 Å². The second-order valence-electron chi connectivity index (χ2n) is 5.11. The zero-order valence-corrected chi connectivity index (χ0v) is 13.7. The molecule has 0 amide bonds. The molecule has 21 heavy (non-hydrogen) atoms. The van der Waals surface area contributed by atoms with Gasteiger partial charge in [-0.25, -0.2) is 30.8 Å². The highest BCUT2D eigenvalue weighted by atomic mass is 32.2. The minimum absolute atomic E-state index is 0.0462. The third-order valence-corrected chi connectivity index (χ3v) is 6.21. The summed E-state index contributed by atoms with van der Waals surface area (Å²) in [6.07, 6.45) is 4.01. The number of nitrogens with zero attached hydrogens (tertiary/aromatic N) is 2. The van der Waals surface area contributed by atoms with Crippen LogP contribution in [-0.2, 0) is 26.5 Å². The minimum atomic E-state index is -3.64. The Kier molecular flexibility index (Phi) is 4.71. The Morgan fingerprint density at radius 1 is 1.33 bits per heavy atom. The number of aromatic amines is 1. The molecule has 0 spiro atoms. The number of hydrogen-bond acceptors (Lipinski definition) is 5. The quantitative estimate of drug-likeness (QED) is 0.765. The summed E-state index contributed by atoms with van der Waals surface area (Å²) >= 11 is 0. The van der Waals surface area contributed by atoms with Crippen molar-refractivity contribution in [2.75, 3.05) is 19.3 Å². The van der Waals surface area contributed by atoms with Crippen molar-refractivity contribution in [1.29, 1.82) is 0 Å². The van der Waals surface area contributed by atoms with Crippen LogP contribution in [0.1, 0.15) is 25.6 Å². The fraction of sp³-hybridized carbons (Fsp3) is 0.727. The summed E-state index contributed by atoms with van der Waals surface area (Å²) in [6, 6.07) is -0.263. The molecule has 0 unspecified atom stereocenters. The van der Waals surface area contributed by atoms with Gasteiger partial charge in [0.05, 0.1) is 12.5 Å². The average Bonchev–Trinajstić information content (AvgIpc) is 2.87. The Labute approximate surface area is 125 Å². The molecule has 0 aromatic carbocycles. The van der Waals surface area contributed by atoms with E-state index in [1.807, 2.05) is 6.92 Å². The molecule has 1 saturated heterocycles. The van der Waals surface area contributed by atoms with Crippen LogP contribution in [0.2, 0.25) is 0 Å². The summed E-state index contributed by atoms with van der Waals surface area (Å²) in [6.45, 7) is 2.54. The Hall–Kier alpha value is -0.970. The SMILES string of the molecule is CCc1ncc(S(=O)(=O)NC2CCN(S(C)(=O)=O)CC2)[nH]1. The van der Waals surface area contributed by atoms with E-state index in [4.69, 9.17) is 0 Å². The molecule has 1 aliphatic rings. The van der Waals surface area contributed by atoms with Gasteiger partial charge < -0.3 is 4.98 Å². The van der Waals surface area contributed by atoms with E-state index in [2.05, 4.69) is 14.7 Å². The molecular formula is C11H20N4O4S2. The molecule has 1 aromatic rings. The van der Waals surface area contributed by atoms with Crippen molar-refractivity contribution in [3.8, 4) is 0 Å². The van der Waals surface area contributed by atoms with Crippen molar-refractivity contribution in [1.82, 2.24) is 19.0 Å². The summed E-state index contributed by atoms with van der Waals surface area (Å²) in [4.78, 5) is 6.73. The Bertz CT molecular complexity index is 688. The van der Waals surface area contributed by atoms with Gasteiger partial charge in [-0.1, -0.05) is 6.92 Å². The van der Waals surface area contributed by atoms with E-state index in [1.165, 1.54) is 10.5 Å². The van der Waals surface area contributed by atoms with E-state index in [-0.39, 0.29) is 11.1 Å². The van der Waals surface area contributed by atoms with Gasteiger partial charge in [0, 0.05) is 25.6 Å². The maximum absolute atomic E-state index is 12.2. The van der Waals surface area contributed by atoms with E-state index >= 15 is 0 Å². The summed E-state index contributed by atoms with van der Waals surface area (Å²) in [5.74, 6) is 0.613. The molecule has 10 heteroatoms. The smallest absolute Gasteiger partial charge is 0.257 e. The maximum atomic E-state index is 12.2. The van der Waals surface area contributed by atoms with Crippen LogP contribution >= 0.6 is 0 Å². The molecule has 0 atom stereocenters. The maximum Gasteiger partial charge on any atom is 0.257 e. The van der Waals surface area contributed by atoms with Crippen molar-refractivity contribution in [3.05, 3.63) is 12.0 Å². The summed E-state index contributed by atoms with van der Waals surface area (Å²) in [5, 5.41) is 0.0462. The van der Waals surface area contributed by atoms with E-state index in [1.54, 1.807) is 0 Å². The molecule has 0 radical (unpaired) electrons. The van der Waals surface area contributed by atoms with Gasteiger partial charge in [0.15, 0.2) is 5.03 Å². The summed E-state index contributed by atoms with van der Waals surface area (Å²) < 4.78 is 51.2. The third-order valence-electron chi connectivity index (χ3n) is 3.47. The van der Waals surface area contributed by atoms with Gasteiger partial charge >= 0.3 is 0 Å². The molecule has 0 bridgehead atoms. The fourth-order valence-electron chi connectivity index (χ4n) is 2.25. The Morgan fingerprint density at radius 3 is 2.43 bits per heavy atom. The molecule has 2 N–H and O–H groups in total. The lowest BCUT2D eigenvalue weighted by atomic mass is 10.1. The topological polar surface area (TPSA) is 112 Å². The highest BCUT2D eigenvalue weighted by molar-refractivity contribution is 7.89. The summed E-state index contributed by atoms with van der Waals surface area (Å²) in [5.41, 5.74) is 0. The summed E-state index contributed by atoms with van der Waals surface area (Å²) in [7, 11) is -6.84. The number of nitrogens with one attached hydrogen (secondary N) is 2. The molecular weight excluding hydrogens is 316 g/mol. The van der Waals surface area contributed by atoms with Crippen LogP contribution in [0.3, 0.4) is 0 Å². The number of aromatic nitrogens is 2. The van der Waals surface area contributed by atoms with Crippen LogP contribution in [0.4, 0.5) is 0 Å². The zero-order chi connectivity index (χ0) is 15.7. The largest absolute Gasteiger partial charge is 0.332 e. The first-order valence-corrected chi connectivity index (χ1v) is 10.1. The Balaban J connectivity index is 1.99. The lowest BCUT2D eigenvalue weighted by Crippen LogP contribution is -2.46. The average molecular weight is 336 g/mol. The van der Waals surface area contributed by atoms with Gasteiger partial charge in [0.1, 0.15) is 5.82 Å². The van der Waals surface area contributed by atoms with Crippen molar-refractivity contribution in [2.24, 2.45) is 0 Å². The number of hydrogen-bond donors (Lipinski definition) is 2. The number of rotatable bonds is 5. The number of sulfonamides is 2. The number of piperidine rings is 1. The molecule has 0 aliphatic carbocycles. The standard InChI is InChI=1S/C11H20N4O4S2/c1-3-10-12-8-11(13-10)21(18,19)14-9-4-6-15(7-5-9)20(2,16)17/h8-9,14H,3-7H2,1-2H3,(H,12,13). The van der Waals surface area contributed by atoms with Gasteiger partial charge in [-0.3, -0.25) is 0 Å². The van der Waals surface area contributed by atoms with Gasteiger partial charge in [-0.05, 0) is 12.8 Å². The predicted molar refractivity (Wildman–Crippen MR) is 77.7 cm³/mol. The fourth-order valence-corrected chi connectivity index (χ4v) is 4.37. The van der Waals surface area contributed by atoms with Crippen molar-refractivity contribution in [3.63, 3.8) is 0 Å². The highest BCUT2D eigenvalue weighted by Gasteiger charge is 2.28. The molecule has 8 nitrogen and oxygen atoms in total. The zero-order valence-electron chi connectivity index (χ0n) is 12.0. The second kappa shape index (κ2) is 6.03. The molecule has 1 aromatic heterocycles. The van der Waals surface area contributed by atoms with Gasteiger partial charge in [0.25, 0.3) is 10.0 Å². The van der Waals surface area contributed by atoms with Gasteiger partial charge in [-0.2, -0.15) is 0 Å².